The molecule has 1 aliphatic heterocycles. The molecule has 0 unspecified atom stereocenters. The predicted octanol–water partition coefficient (Wildman–Crippen LogP) is 4.12. The topological polar surface area (TPSA) is 30.5 Å². The number of aryl methyl sites for hydroxylation is 2. The first-order chi connectivity index (χ1) is 12.1. The fourth-order valence-electron chi connectivity index (χ4n) is 3.37. The molecule has 25 heavy (non-hydrogen) atoms. The van der Waals surface area contributed by atoms with E-state index in [4.69, 9.17) is 9.47 Å². The van der Waals surface area contributed by atoms with Gasteiger partial charge in [-0.05, 0) is 61.6 Å². The third-order valence-corrected chi connectivity index (χ3v) is 4.91. The molecule has 0 aliphatic carbocycles. The average molecular weight is 343 g/mol. The van der Waals surface area contributed by atoms with E-state index in [9.17, 15) is 4.39 Å². The summed E-state index contributed by atoms with van der Waals surface area (Å²) in [6.07, 6.45) is 1.75. The highest BCUT2D eigenvalue weighted by Gasteiger charge is 2.33. The van der Waals surface area contributed by atoms with E-state index in [1.54, 1.807) is 0 Å². The summed E-state index contributed by atoms with van der Waals surface area (Å²) in [6, 6.07) is 13.0. The van der Waals surface area contributed by atoms with Crippen molar-refractivity contribution in [2.24, 2.45) is 0 Å². The van der Waals surface area contributed by atoms with Gasteiger partial charge in [-0.1, -0.05) is 24.3 Å². The normalized spacial score (nSPS) is 16.6. The number of hydrogen-bond donors (Lipinski definition) is 1. The minimum atomic E-state index is -0.204. The van der Waals surface area contributed by atoms with Crippen LogP contribution in [-0.4, -0.2) is 26.4 Å². The number of rotatable bonds is 6. The molecule has 134 valence electrons. The van der Waals surface area contributed by atoms with Gasteiger partial charge in [-0.3, -0.25) is 0 Å². The maximum absolute atomic E-state index is 13.3. The first-order valence-electron chi connectivity index (χ1n) is 8.88. The summed E-state index contributed by atoms with van der Waals surface area (Å²) in [4.78, 5) is 0. The molecule has 1 aliphatic rings. The second-order valence-electron chi connectivity index (χ2n) is 6.75. The Morgan fingerprint density at radius 3 is 2.52 bits per heavy atom. The molecule has 1 fully saturated rings. The smallest absolute Gasteiger partial charge is 0.123 e. The summed E-state index contributed by atoms with van der Waals surface area (Å²) < 4.78 is 24.8. The Labute approximate surface area is 149 Å². The summed E-state index contributed by atoms with van der Waals surface area (Å²) >= 11 is 0. The zero-order valence-corrected chi connectivity index (χ0v) is 15.0. The van der Waals surface area contributed by atoms with E-state index in [1.165, 1.54) is 17.7 Å². The minimum Gasteiger partial charge on any atom is -0.492 e. The van der Waals surface area contributed by atoms with Crippen molar-refractivity contribution in [3.63, 3.8) is 0 Å². The molecule has 3 rings (SSSR count). The molecule has 0 spiro atoms. The largest absolute Gasteiger partial charge is 0.492 e. The van der Waals surface area contributed by atoms with Gasteiger partial charge < -0.3 is 14.8 Å². The zero-order chi connectivity index (χ0) is 17.7. The lowest BCUT2D eigenvalue weighted by Crippen LogP contribution is -2.48. The van der Waals surface area contributed by atoms with Gasteiger partial charge in [0, 0.05) is 25.3 Å². The minimum absolute atomic E-state index is 0.170. The molecule has 0 radical (unpaired) electrons. The van der Waals surface area contributed by atoms with E-state index >= 15 is 0 Å². The molecule has 2 aromatic carbocycles. The van der Waals surface area contributed by atoms with Crippen molar-refractivity contribution in [2.75, 3.05) is 26.4 Å². The van der Waals surface area contributed by atoms with E-state index in [-0.39, 0.29) is 11.4 Å². The summed E-state index contributed by atoms with van der Waals surface area (Å²) in [5.41, 5.74) is 3.28. The Morgan fingerprint density at radius 1 is 1.08 bits per heavy atom. The van der Waals surface area contributed by atoms with Crippen LogP contribution >= 0.6 is 0 Å². The molecule has 3 nitrogen and oxygen atoms in total. The van der Waals surface area contributed by atoms with Crippen LogP contribution in [0.5, 0.6) is 5.75 Å². The maximum atomic E-state index is 13.3. The van der Waals surface area contributed by atoms with Crippen molar-refractivity contribution in [3.05, 3.63) is 65.0 Å². The maximum Gasteiger partial charge on any atom is 0.123 e. The summed E-state index contributed by atoms with van der Waals surface area (Å²) in [5, 5.41) is 3.65. The molecule has 1 N–H and O–H groups in total. The summed E-state index contributed by atoms with van der Waals surface area (Å²) in [6.45, 7) is 6.86. The SMILES string of the molecule is Cc1ccc(C)c(OCCNC2(c3ccc(F)cc3)CCOCC2)c1. The standard InChI is InChI=1S/C21H26FNO2/c1-16-3-4-17(2)20(15-16)25-14-11-23-21(9-12-24-13-10-21)18-5-7-19(22)8-6-18/h3-8,15,23H,9-14H2,1-2H3. The molecule has 0 bridgehead atoms. The average Bonchev–Trinajstić information content (AvgIpc) is 2.63. The second-order valence-corrected chi connectivity index (χ2v) is 6.75. The van der Waals surface area contributed by atoms with Gasteiger partial charge in [0.1, 0.15) is 18.2 Å². The van der Waals surface area contributed by atoms with Gasteiger partial charge in [-0.25, -0.2) is 4.39 Å². The van der Waals surface area contributed by atoms with E-state index < -0.39 is 0 Å². The lowest BCUT2D eigenvalue weighted by molar-refractivity contribution is 0.0352. The molecule has 0 amide bonds. The Balaban J connectivity index is 1.63. The molecule has 0 aromatic heterocycles. The second kappa shape index (κ2) is 7.98. The van der Waals surface area contributed by atoms with E-state index in [1.807, 2.05) is 12.1 Å². The Kier molecular flexibility index (Phi) is 5.71. The van der Waals surface area contributed by atoms with Crippen molar-refractivity contribution in [2.45, 2.75) is 32.2 Å². The highest BCUT2D eigenvalue weighted by atomic mass is 19.1. The van der Waals surface area contributed by atoms with E-state index in [2.05, 4.69) is 37.4 Å². The lowest BCUT2D eigenvalue weighted by Gasteiger charge is -2.39. The quantitative estimate of drug-likeness (QED) is 0.801. The third kappa shape index (κ3) is 4.39. The van der Waals surface area contributed by atoms with Crippen LogP contribution in [0.15, 0.2) is 42.5 Å². The fourth-order valence-corrected chi connectivity index (χ4v) is 3.37. The van der Waals surface area contributed by atoms with Crippen LogP contribution in [-0.2, 0) is 10.3 Å². The monoisotopic (exact) mass is 343 g/mol. The van der Waals surface area contributed by atoms with Gasteiger partial charge in [-0.15, -0.1) is 0 Å². The molecule has 4 heteroatoms. The molecular weight excluding hydrogens is 317 g/mol. The fraction of sp³-hybridized carbons (Fsp3) is 0.429. The van der Waals surface area contributed by atoms with Crippen LogP contribution in [0, 0.1) is 19.7 Å². The van der Waals surface area contributed by atoms with Crippen molar-refractivity contribution in [3.8, 4) is 5.75 Å². The molecule has 2 aromatic rings. The molecule has 0 atom stereocenters. The summed E-state index contributed by atoms with van der Waals surface area (Å²) in [5.74, 6) is 0.730. The number of ether oxygens (including phenoxy) is 2. The highest BCUT2D eigenvalue weighted by Crippen LogP contribution is 2.32. The first-order valence-corrected chi connectivity index (χ1v) is 8.88. The van der Waals surface area contributed by atoms with Crippen LogP contribution < -0.4 is 10.1 Å². The lowest BCUT2D eigenvalue weighted by atomic mass is 9.82. The third-order valence-electron chi connectivity index (χ3n) is 4.91. The zero-order valence-electron chi connectivity index (χ0n) is 15.0. The van der Waals surface area contributed by atoms with E-state index in [0.717, 1.165) is 36.3 Å². The van der Waals surface area contributed by atoms with Crippen molar-refractivity contribution in [1.82, 2.24) is 5.32 Å². The van der Waals surface area contributed by atoms with Gasteiger partial charge in [0.15, 0.2) is 0 Å². The van der Waals surface area contributed by atoms with Gasteiger partial charge in [-0.2, -0.15) is 0 Å². The van der Waals surface area contributed by atoms with Gasteiger partial charge in [0.2, 0.25) is 0 Å². The molecular formula is C21H26FNO2. The van der Waals surface area contributed by atoms with Gasteiger partial charge in [0.25, 0.3) is 0 Å². The van der Waals surface area contributed by atoms with Crippen molar-refractivity contribution < 1.29 is 13.9 Å². The van der Waals surface area contributed by atoms with Gasteiger partial charge in [0.05, 0.1) is 0 Å². The van der Waals surface area contributed by atoms with Crippen LogP contribution in [0.3, 0.4) is 0 Å². The molecule has 1 saturated heterocycles. The van der Waals surface area contributed by atoms with Crippen molar-refractivity contribution in [1.29, 1.82) is 0 Å². The summed E-state index contributed by atoms with van der Waals surface area (Å²) in [7, 11) is 0. The van der Waals surface area contributed by atoms with Crippen LogP contribution in [0.2, 0.25) is 0 Å². The first kappa shape index (κ1) is 17.9. The number of hydrogen-bond acceptors (Lipinski definition) is 3. The number of benzene rings is 2. The van der Waals surface area contributed by atoms with Crippen LogP contribution in [0.4, 0.5) is 4.39 Å². The number of halogens is 1. The Morgan fingerprint density at radius 2 is 1.80 bits per heavy atom. The van der Waals surface area contributed by atoms with Crippen LogP contribution in [0.25, 0.3) is 0 Å². The van der Waals surface area contributed by atoms with Gasteiger partial charge >= 0.3 is 0 Å². The Hall–Kier alpha value is -1.91. The van der Waals surface area contributed by atoms with E-state index in [0.29, 0.717) is 19.8 Å². The number of nitrogens with one attached hydrogen (secondary N) is 1. The highest BCUT2D eigenvalue weighted by molar-refractivity contribution is 5.36. The molecule has 1 heterocycles. The predicted molar refractivity (Wildman–Crippen MR) is 97.5 cm³/mol. The molecule has 0 saturated carbocycles. The van der Waals surface area contributed by atoms with Crippen LogP contribution in [0.1, 0.15) is 29.5 Å². The van der Waals surface area contributed by atoms with Crippen molar-refractivity contribution >= 4 is 0 Å². The Bertz CT molecular complexity index is 694.